The summed E-state index contributed by atoms with van der Waals surface area (Å²) in [5.74, 6) is 0.883. The lowest BCUT2D eigenvalue weighted by atomic mass is 10.1. The van der Waals surface area contributed by atoms with Gasteiger partial charge in [0.15, 0.2) is 23.2 Å². The molecule has 4 heterocycles. The number of rotatable bonds is 5. The maximum atomic E-state index is 10.5. The van der Waals surface area contributed by atoms with Gasteiger partial charge in [-0.1, -0.05) is 18.1 Å². The maximum Gasteiger partial charge on any atom is 0.256 e. The van der Waals surface area contributed by atoms with Crippen LogP contribution in [0.1, 0.15) is 37.6 Å². The second-order valence-corrected chi connectivity index (χ2v) is 7.84. The molecule has 5 rings (SSSR count). The van der Waals surface area contributed by atoms with E-state index in [0.717, 1.165) is 31.4 Å². The molecule has 12 nitrogen and oxygen atoms in total. The SMILES string of the molecule is Cc1cnnn1-c1nc(NC2CCCC2)c2ncn(C3O[C@H](CO)[C@@H](O)[C@@H]3O)c2n1. The molecule has 0 bridgehead atoms. The fourth-order valence-electron chi connectivity index (χ4n) is 4.14. The Morgan fingerprint density at radius 2 is 2.00 bits per heavy atom. The van der Waals surface area contributed by atoms with Crippen molar-refractivity contribution in [3.05, 3.63) is 18.2 Å². The summed E-state index contributed by atoms with van der Waals surface area (Å²) in [6.07, 6.45) is 3.26. The van der Waals surface area contributed by atoms with Gasteiger partial charge in [-0.2, -0.15) is 14.6 Å². The van der Waals surface area contributed by atoms with Crippen molar-refractivity contribution in [2.75, 3.05) is 11.9 Å². The molecule has 4 atom stereocenters. The molecule has 0 aromatic carbocycles. The van der Waals surface area contributed by atoms with E-state index in [-0.39, 0.29) is 0 Å². The van der Waals surface area contributed by atoms with Gasteiger partial charge < -0.3 is 25.4 Å². The summed E-state index contributed by atoms with van der Waals surface area (Å²) in [4.78, 5) is 13.7. The lowest BCUT2D eigenvalue weighted by molar-refractivity contribution is -0.0511. The third kappa shape index (κ3) is 3.12. The molecule has 0 spiro atoms. The van der Waals surface area contributed by atoms with E-state index in [4.69, 9.17) is 4.74 Å². The Bertz CT molecular complexity index is 1050. The molecule has 0 amide bonds. The minimum absolute atomic E-state index is 0.298. The van der Waals surface area contributed by atoms with Crippen LogP contribution in [0.3, 0.4) is 0 Å². The number of aliphatic hydroxyl groups excluding tert-OH is 3. The quantitative estimate of drug-likeness (QED) is 0.435. The fraction of sp³-hybridized carbons (Fsp3) is 0.611. The van der Waals surface area contributed by atoms with Gasteiger partial charge in [0.2, 0.25) is 0 Å². The number of nitrogens with zero attached hydrogens (tertiary/aromatic N) is 7. The first-order chi connectivity index (χ1) is 14.6. The number of hydrogen-bond donors (Lipinski definition) is 4. The highest BCUT2D eigenvalue weighted by molar-refractivity contribution is 5.84. The zero-order valence-corrected chi connectivity index (χ0v) is 16.5. The first-order valence-electron chi connectivity index (χ1n) is 10.1. The molecule has 3 aromatic rings. The maximum absolute atomic E-state index is 10.5. The number of imidazole rings is 1. The Balaban J connectivity index is 1.62. The van der Waals surface area contributed by atoms with Crippen LogP contribution in [0.5, 0.6) is 0 Å². The highest BCUT2D eigenvalue weighted by atomic mass is 16.6. The number of aryl methyl sites for hydroxylation is 1. The average molecular weight is 416 g/mol. The van der Waals surface area contributed by atoms with Crippen molar-refractivity contribution in [1.82, 2.24) is 34.5 Å². The van der Waals surface area contributed by atoms with E-state index in [1.54, 1.807) is 10.8 Å². The zero-order chi connectivity index (χ0) is 20.8. The van der Waals surface area contributed by atoms with Crippen molar-refractivity contribution in [1.29, 1.82) is 0 Å². The molecule has 12 heteroatoms. The van der Waals surface area contributed by atoms with Gasteiger partial charge in [-0.3, -0.25) is 4.57 Å². The molecular formula is C18H24N8O4. The molecule has 160 valence electrons. The summed E-state index contributed by atoms with van der Waals surface area (Å²) in [5.41, 5.74) is 1.71. The lowest BCUT2D eigenvalue weighted by Crippen LogP contribution is -2.33. The van der Waals surface area contributed by atoms with Gasteiger partial charge in [0, 0.05) is 6.04 Å². The lowest BCUT2D eigenvalue weighted by Gasteiger charge is -2.18. The number of hydrogen-bond acceptors (Lipinski definition) is 10. The van der Waals surface area contributed by atoms with Crippen LogP contribution in [0.2, 0.25) is 0 Å². The Morgan fingerprint density at radius 3 is 2.67 bits per heavy atom. The predicted molar refractivity (Wildman–Crippen MR) is 104 cm³/mol. The van der Waals surface area contributed by atoms with Crippen molar-refractivity contribution >= 4 is 17.0 Å². The third-order valence-electron chi connectivity index (χ3n) is 5.81. The summed E-state index contributed by atoms with van der Waals surface area (Å²) in [7, 11) is 0. The van der Waals surface area contributed by atoms with Crippen LogP contribution in [0, 0.1) is 6.92 Å². The summed E-state index contributed by atoms with van der Waals surface area (Å²) in [6.45, 7) is 1.44. The van der Waals surface area contributed by atoms with Gasteiger partial charge in [0.1, 0.15) is 18.3 Å². The van der Waals surface area contributed by atoms with E-state index in [1.165, 1.54) is 11.0 Å². The first-order valence-corrected chi connectivity index (χ1v) is 10.1. The molecule has 4 N–H and O–H groups in total. The number of anilines is 1. The minimum atomic E-state index is -1.24. The second kappa shape index (κ2) is 7.54. The smallest absolute Gasteiger partial charge is 0.256 e. The van der Waals surface area contributed by atoms with Gasteiger partial charge in [-0.15, -0.1) is 5.10 Å². The molecule has 1 saturated heterocycles. The van der Waals surface area contributed by atoms with E-state index >= 15 is 0 Å². The molecular weight excluding hydrogens is 392 g/mol. The number of ether oxygens (including phenoxy) is 1. The highest BCUT2D eigenvalue weighted by Crippen LogP contribution is 2.33. The Hall–Kier alpha value is -2.67. The van der Waals surface area contributed by atoms with Crippen LogP contribution in [0.15, 0.2) is 12.5 Å². The van der Waals surface area contributed by atoms with Gasteiger partial charge >= 0.3 is 0 Å². The van der Waals surface area contributed by atoms with Gasteiger partial charge in [-0.25, -0.2) is 4.98 Å². The first kappa shape index (κ1) is 19.3. The van der Waals surface area contributed by atoms with E-state index < -0.39 is 31.1 Å². The van der Waals surface area contributed by atoms with E-state index in [0.29, 0.717) is 29.0 Å². The van der Waals surface area contributed by atoms with Crippen LogP contribution in [-0.2, 0) is 4.74 Å². The normalized spacial score (nSPS) is 27.3. The topological polar surface area (TPSA) is 156 Å². The molecule has 1 unspecified atom stereocenters. The van der Waals surface area contributed by atoms with Crippen LogP contribution >= 0.6 is 0 Å². The number of fused-ring (bicyclic) bond motifs is 1. The monoisotopic (exact) mass is 416 g/mol. The van der Waals surface area contributed by atoms with Gasteiger partial charge in [-0.05, 0) is 19.8 Å². The van der Waals surface area contributed by atoms with Crippen LogP contribution < -0.4 is 5.32 Å². The molecule has 0 radical (unpaired) electrons. The van der Waals surface area contributed by atoms with Crippen molar-refractivity contribution in [3.63, 3.8) is 0 Å². The summed E-state index contributed by atoms with van der Waals surface area (Å²) < 4.78 is 8.75. The van der Waals surface area contributed by atoms with Crippen LogP contribution in [-0.4, -0.2) is 80.8 Å². The van der Waals surface area contributed by atoms with Crippen molar-refractivity contribution in [2.45, 2.75) is 63.2 Å². The summed E-state index contributed by atoms with van der Waals surface area (Å²) in [6, 6.07) is 0.298. The number of aliphatic hydroxyl groups is 3. The van der Waals surface area contributed by atoms with Crippen LogP contribution in [0.4, 0.5) is 5.82 Å². The molecule has 1 saturated carbocycles. The average Bonchev–Trinajstić information content (AvgIpc) is 3.52. The van der Waals surface area contributed by atoms with E-state index in [2.05, 4.69) is 30.6 Å². The standard InChI is InChI=1S/C18H24N8O4/c1-9-6-20-24-26(9)18-22-15(21-10-4-2-3-5-10)12-16(23-18)25(8-19-12)17-14(29)13(28)11(7-27)30-17/h6,8,10-11,13-14,17,27-29H,2-5,7H2,1H3,(H,21,22,23)/t11-,13-,14+,17?/m1/s1. The van der Waals surface area contributed by atoms with E-state index in [1.807, 2.05) is 6.92 Å². The molecule has 1 aliphatic carbocycles. The Morgan fingerprint density at radius 1 is 1.20 bits per heavy atom. The molecule has 30 heavy (non-hydrogen) atoms. The van der Waals surface area contributed by atoms with Gasteiger partial charge in [0.25, 0.3) is 5.95 Å². The number of aromatic nitrogens is 7. The summed E-state index contributed by atoms with van der Waals surface area (Å²) in [5, 5.41) is 41.5. The Labute approximate surface area is 171 Å². The number of nitrogens with one attached hydrogen (secondary N) is 1. The van der Waals surface area contributed by atoms with Crippen molar-refractivity contribution in [3.8, 4) is 5.95 Å². The van der Waals surface area contributed by atoms with Crippen molar-refractivity contribution < 1.29 is 20.1 Å². The second-order valence-electron chi connectivity index (χ2n) is 7.84. The molecule has 1 aliphatic heterocycles. The van der Waals surface area contributed by atoms with Crippen LogP contribution in [0.25, 0.3) is 17.1 Å². The Kier molecular flexibility index (Phi) is 4.85. The minimum Gasteiger partial charge on any atom is -0.394 e. The van der Waals surface area contributed by atoms with Crippen molar-refractivity contribution in [2.24, 2.45) is 0 Å². The fourth-order valence-corrected chi connectivity index (χ4v) is 4.14. The third-order valence-corrected chi connectivity index (χ3v) is 5.81. The zero-order valence-electron chi connectivity index (χ0n) is 16.5. The predicted octanol–water partition coefficient (Wildman–Crippen LogP) is -0.319. The molecule has 2 fully saturated rings. The highest BCUT2D eigenvalue weighted by Gasteiger charge is 2.44. The molecule has 3 aromatic heterocycles. The summed E-state index contributed by atoms with van der Waals surface area (Å²) >= 11 is 0. The van der Waals surface area contributed by atoms with E-state index in [9.17, 15) is 15.3 Å². The van der Waals surface area contributed by atoms with Gasteiger partial charge in [0.05, 0.1) is 24.8 Å². The largest absolute Gasteiger partial charge is 0.394 e. The molecule has 2 aliphatic rings.